The van der Waals surface area contributed by atoms with Crippen LogP contribution in [-0.2, 0) is 14.3 Å². The van der Waals surface area contributed by atoms with Crippen LogP contribution in [0.5, 0.6) is 0 Å². The number of carbonyl (C=O) groups excluding carboxylic acids is 1. The summed E-state index contributed by atoms with van der Waals surface area (Å²) >= 11 is 0. The van der Waals surface area contributed by atoms with Crippen molar-refractivity contribution in [2.24, 2.45) is 0 Å². The van der Waals surface area contributed by atoms with Crippen LogP contribution in [0, 0.1) is 0 Å². The number of aliphatic carboxylic acids is 1. The molecule has 0 bridgehead atoms. The lowest BCUT2D eigenvalue weighted by Crippen LogP contribution is -2.67. The number of ether oxygens (including phenoxy) is 1. The van der Waals surface area contributed by atoms with Crippen LogP contribution in [0.3, 0.4) is 0 Å². The summed E-state index contributed by atoms with van der Waals surface area (Å²) in [6.45, 7) is -4.60. The molecule has 1 aliphatic rings. The molecule has 0 aromatic rings. The van der Waals surface area contributed by atoms with Crippen molar-refractivity contribution in [3.05, 3.63) is 0 Å². The highest BCUT2D eigenvalue weighted by Gasteiger charge is 2.53. The van der Waals surface area contributed by atoms with Crippen molar-refractivity contribution in [2.45, 2.75) is 42.6 Å². The first-order valence-corrected chi connectivity index (χ1v) is 5.93. The summed E-state index contributed by atoms with van der Waals surface area (Å²) < 4.78 is 33.5. The number of aliphatic hydroxyl groups excluding tert-OH is 4. The van der Waals surface area contributed by atoms with E-state index in [-0.39, 0.29) is 0 Å². The Bertz CT molecular complexity index is 558. The quantitative estimate of drug-likeness (QED) is 0.234. The molecular weight excluding hydrogens is 306 g/mol. The lowest BCUT2D eigenvalue weighted by molar-refractivity contribution is -0.295. The molecule has 0 spiro atoms. The Morgan fingerprint density at radius 1 is 1.45 bits per heavy atom. The Kier molecular flexibility index (Phi) is 4.35. The second-order valence-electron chi connectivity index (χ2n) is 4.47. The van der Waals surface area contributed by atoms with E-state index in [9.17, 15) is 30.0 Å². The second kappa shape index (κ2) is 7.28. The topological polar surface area (TPSA) is 197 Å². The number of carbonyl (C=O) groups is 2. The van der Waals surface area contributed by atoms with Gasteiger partial charge < -0.3 is 45.8 Å². The molecule has 1 saturated heterocycles. The van der Waals surface area contributed by atoms with E-state index in [4.69, 9.17) is 20.8 Å². The number of carboxylic acid groups (broad SMARTS) is 1. The number of aliphatic hydroxyl groups is 6. The van der Waals surface area contributed by atoms with Crippen molar-refractivity contribution in [3.63, 3.8) is 0 Å². The summed E-state index contributed by atoms with van der Waals surface area (Å²) in [6, 6.07) is -2.13. The standard InChI is InChI=1S/C11H19NO10/c13-2-5(16)8(18)9-7(12-6(17)3-14)4(15)1-11(21,22-9)10(19)20/h4-5,7-9,13-16,18,21H,1-3H2,(H,12,17)(H,19,20)/t4-,5+,7+,8+,9+,11-/m0/s1/i1D2,3D2. The Hall–Kier alpha value is -1.34. The Morgan fingerprint density at radius 2 is 2.05 bits per heavy atom. The SMILES string of the molecule is [2H]C([2H])(O)C(=O)N[C@H]1[C@H]([C@H](O)[C@H](O)CO)O[C@](O)(C(=O)O)C([2H])([2H])[C@@H]1O. The fourth-order valence-electron chi connectivity index (χ4n) is 1.84. The predicted molar refractivity (Wildman–Crippen MR) is 66.2 cm³/mol. The lowest BCUT2D eigenvalue weighted by Gasteiger charge is -2.44. The summed E-state index contributed by atoms with van der Waals surface area (Å²) in [5.41, 5.74) is 0. The minimum absolute atomic E-state index is 1.10. The normalized spacial score (nSPS) is 40.4. The molecule has 11 heteroatoms. The van der Waals surface area contributed by atoms with Crippen molar-refractivity contribution in [2.75, 3.05) is 13.2 Å². The molecule has 0 unspecified atom stereocenters. The zero-order valence-corrected chi connectivity index (χ0v) is 10.9. The number of hydrogen-bond acceptors (Lipinski definition) is 9. The highest BCUT2D eigenvalue weighted by atomic mass is 16.7. The largest absolute Gasteiger partial charge is 0.477 e. The summed E-state index contributed by atoms with van der Waals surface area (Å²) in [5.74, 6) is -7.84. The summed E-state index contributed by atoms with van der Waals surface area (Å²) in [5, 5.41) is 68.1. The summed E-state index contributed by atoms with van der Waals surface area (Å²) in [7, 11) is 0. The zero-order valence-electron chi connectivity index (χ0n) is 14.9. The number of nitrogens with one attached hydrogen (secondary N) is 1. The average molecular weight is 329 g/mol. The molecular formula is C11H19NO10. The minimum Gasteiger partial charge on any atom is -0.477 e. The van der Waals surface area contributed by atoms with Gasteiger partial charge in [-0.2, -0.15) is 0 Å². The molecule has 0 aromatic heterocycles. The predicted octanol–water partition coefficient (Wildman–Crippen LogP) is -4.90. The minimum atomic E-state index is -3.73. The van der Waals surface area contributed by atoms with Gasteiger partial charge in [0.15, 0.2) is 0 Å². The van der Waals surface area contributed by atoms with Crippen molar-refractivity contribution >= 4 is 11.9 Å². The van der Waals surface area contributed by atoms with E-state index >= 15 is 0 Å². The monoisotopic (exact) mass is 329 g/mol. The third-order valence-corrected chi connectivity index (χ3v) is 2.95. The van der Waals surface area contributed by atoms with Crippen LogP contribution in [0.15, 0.2) is 0 Å². The molecule has 1 aliphatic heterocycles. The van der Waals surface area contributed by atoms with Crippen LogP contribution in [0.4, 0.5) is 0 Å². The summed E-state index contributed by atoms with van der Waals surface area (Å²) in [4.78, 5) is 22.8. The molecule has 1 fully saturated rings. The number of hydrogen-bond donors (Lipinski definition) is 8. The first-order valence-electron chi connectivity index (χ1n) is 7.93. The smallest absolute Gasteiger partial charge is 0.364 e. The van der Waals surface area contributed by atoms with Crippen LogP contribution >= 0.6 is 0 Å². The average Bonchev–Trinajstić information content (AvgIpc) is 2.52. The number of amides is 1. The first-order chi connectivity index (χ1) is 11.6. The molecule has 1 rings (SSSR count). The van der Waals surface area contributed by atoms with Crippen molar-refractivity contribution in [1.29, 1.82) is 0 Å². The molecule has 0 saturated carbocycles. The van der Waals surface area contributed by atoms with E-state index in [1.54, 1.807) is 5.32 Å². The van der Waals surface area contributed by atoms with Gasteiger partial charge in [-0.15, -0.1) is 0 Å². The molecule has 6 atom stereocenters. The van der Waals surface area contributed by atoms with Gasteiger partial charge in [-0.3, -0.25) is 4.79 Å². The van der Waals surface area contributed by atoms with Crippen LogP contribution in [0.25, 0.3) is 0 Å². The van der Waals surface area contributed by atoms with E-state index in [2.05, 4.69) is 4.74 Å². The molecule has 11 nitrogen and oxygen atoms in total. The maximum absolute atomic E-state index is 11.6. The van der Waals surface area contributed by atoms with Gasteiger partial charge in [0.05, 0.1) is 21.5 Å². The maximum Gasteiger partial charge on any atom is 0.364 e. The van der Waals surface area contributed by atoms with Gasteiger partial charge in [-0.05, 0) is 0 Å². The van der Waals surface area contributed by atoms with Gasteiger partial charge in [0.2, 0.25) is 5.91 Å². The molecule has 1 heterocycles. The van der Waals surface area contributed by atoms with Crippen LogP contribution in [0.2, 0.25) is 0 Å². The Morgan fingerprint density at radius 3 is 2.50 bits per heavy atom. The van der Waals surface area contributed by atoms with E-state index < -0.39 is 67.7 Å². The van der Waals surface area contributed by atoms with E-state index in [0.29, 0.717) is 0 Å². The first kappa shape index (κ1) is 13.1. The zero-order chi connectivity index (χ0) is 20.7. The van der Waals surface area contributed by atoms with Gasteiger partial charge in [0.25, 0.3) is 5.79 Å². The molecule has 0 aromatic carbocycles. The fourth-order valence-corrected chi connectivity index (χ4v) is 1.84. The Labute approximate surface area is 130 Å². The molecule has 128 valence electrons. The van der Waals surface area contributed by atoms with Crippen molar-refractivity contribution in [3.8, 4) is 0 Å². The van der Waals surface area contributed by atoms with Crippen LogP contribution in [-0.4, -0.2) is 97.0 Å². The van der Waals surface area contributed by atoms with Gasteiger partial charge in [-0.1, -0.05) is 0 Å². The van der Waals surface area contributed by atoms with E-state index in [0.717, 1.165) is 0 Å². The van der Waals surface area contributed by atoms with Crippen LogP contribution < -0.4 is 5.32 Å². The summed E-state index contributed by atoms with van der Waals surface area (Å²) in [6.07, 6.45) is -12.6. The molecule has 8 N–H and O–H groups in total. The third-order valence-electron chi connectivity index (χ3n) is 2.95. The lowest BCUT2D eigenvalue weighted by atomic mass is 9.88. The maximum atomic E-state index is 11.6. The molecule has 22 heavy (non-hydrogen) atoms. The number of rotatable bonds is 6. The van der Waals surface area contributed by atoms with Gasteiger partial charge in [0.1, 0.15) is 24.9 Å². The molecule has 0 radical (unpaired) electrons. The Balaban J connectivity index is 3.38. The van der Waals surface area contributed by atoms with Gasteiger partial charge in [0, 0.05) is 9.11 Å². The van der Waals surface area contributed by atoms with Crippen molar-refractivity contribution < 1.29 is 55.6 Å². The van der Waals surface area contributed by atoms with E-state index in [1.807, 2.05) is 0 Å². The molecule has 1 amide bonds. The van der Waals surface area contributed by atoms with Gasteiger partial charge >= 0.3 is 5.97 Å². The molecule has 0 aliphatic carbocycles. The van der Waals surface area contributed by atoms with Gasteiger partial charge in [-0.25, -0.2) is 4.79 Å². The highest BCUT2D eigenvalue weighted by Crippen LogP contribution is 2.30. The van der Waals surface area contributed by atoms with Crippen LogP contribution in [0.1, 0.15) is 11.9 Å². The fraction of sp³-hybridized carbons (Fsp3) is 0.818. The highest BCUT2D eigenvalue weighted by molar-refractivity contribution is 5.78. The number of carboxylic acids is 1. The second-order valence-corrected chi connectivity index (χ2v) is 4.47. The third kappa shape index (κ3) is 3.89. The van der Waals surface area contributed by atoms with E-state index in [1.165, 1.54) is 0 Å². The van der Waals surface area contributed by atoms with Crippen molar-refractivity contribution in [1.82, 2.24) is 5.32 Å².